The molecule has 0 radical (unpaired) electrons. The first kappa shape index (κ1) is 56.0. The summed E-state index contributed by atoms with van der Waals surface area (Å²) >= 11 is 0. The molecular weight excluding hydrogens is 771 g/mol. The number of ketones is 1. The summed E-state index contributed by atoms with van der Waals surface area (Å²) in [6, 6.07) is -3.66. The van der Waals surface area contributed by atoms with Gasteiger partial charge >= 0.3 is 11.9 Å². The van der Waals surface area contributed by atoms with Crippen LogP contribution in [0.25, 0.3) is 0 Å². The Morgan fingerprint density at radius 1 is 0.533 bits per heavy atom. The van der Waals surface area contributed by atoms with Crippen LogP contribution in [-0.4, -0.2) is 87.9 Å². The van der Waals surface area contributed by atoms with Crippen molar-refractivity contribution in [3.63, 3.8) is 0 Å². The number of aliphatic hydroxyl groups is 1. The SMILES string of the molecule is CC.CC(C)C(=O)CCC(NC(=O)CNC(=O)C(CCCCN)NC(=O)CCC(NC(=O)CCCCCCCCCCCCCCCCC(O)=C1CCC1)C(=O)O)C(=O)O. The topological polar surface area (TPSA) is 254 Å². The van der Waals surface area contributed by atoms with E-state index in [2.05, 4.69) is 21.3 Å². The van der Waals surface area contributed by atoms with E-state index in [1.807, 2.05) is 13.8 Å². The molecule has 3 unspecified atom stereocenters. The molecule has 346 valence electrons. The summed E-state index contributed by atoms with van der Waals surface area (Å²) in [4.78, 5) is 86.0. The molecule has 0 aromatic carbocycles. The normalized spacial score (nSPS) is 13.5. The van der Waals surface area contributed by atoms with Crippen LogP contribution in [0, 0.1) is 5.92 Å². The maximum atomic E-state index is 12.9. The van der Waals surface area contributed by atoms with E-state index in [0.717, 1.165) is 51.4 Å². The molecular formula is C45H81N5O10. The number of Topliss-reactive ketones (excluding diaryl/α,β-unsaturated/α-hetero) is 1. The van der Waals surface area contributed by atoms with Crippen LogP contribution in [-0.2, 0) is 33.6 Å². The summed E-state index contributed by atoms with van der Waals surface area (Å²) in [5, 5.41) is 38.9. The third kappa shape index (κ3) is 28.5. The summed E-state index contributed by atoms with van der Waals surface area (Å²) in [5.41, 5.74) is 6.84. The molecule has 0 heterocycles. The lowest BCUT2D eigenvalue weighted by Crippen LogP contribution is -2.51. The summed E-state index contributed by atoms with van der Waals surface area (Å²) in [6.45, 7) is 7.18. The molecule has 3 atom stereocenters. The van der Waals surface area contributed by atoms with Gasteiger partial charge in [-0.15, -0.1) is 0 Å². The van der Waals surface area contributed by atoms with Crippen LogP contribution in [0.4, 0.5) is 0 Å². The second-order valence-corrected chi connectivity index (χ2v) is 16.1. The van der Waals surface area contributed by atoms with Crippen LogP contribution >= 0.6 is 0 Å². The van der Waals surface area contributed by atoms with Crippen molar-refractivity contribution in [1.29, 1.82) is 0 Å². The Hall–Kier alpha value is -4.01. The molecule has 0 saturated heterocycles. The zero-order valence-corrected chi connectivity index (χ0v) is 37.4. The zero-order valence-electron chi connectivity index (χ0n) is 37.4. The van der Waals surface area contributed by atoms with Gasteiger partial charge in [0.25, 0.3) is 0 Å². The highest BCUT2D eigenvalue weighted by molar-refractivity contribution is 5.92. The molecule has 1 rings (SSSR count). The second-order valence-electron chi connectivity index (χ2n) is 16.1. The Morgan fingerprint density at radius 2 is 0.967 bits per heavy atom. The molecule has 15 nitrogen and oxygen atoms in total. The fourth-order valence-corrected chi connectivity index (χ4v) is 6.71. The van der Waals surface area contributed by atoms with Crippen molar-refractivity contribution in [3.05, 3.63) is 11.3 Å². The number of carboxylic acids is 2. The van der Waals surface area contributed by atoms with E-state index >= 15 is 0 Å². The van der Waals surface area contributed by atoms with E-state index in [1.165, 1.54) is 63.4 Å². The maximum Gasteiger partial charge on any atom is 0.326 e. The van der Waals surface area contributed by atoms with Crippen molar-refractivity contribution in [2.75, 3.05) is 13.1 Å². The minimum absolute atomic E-state index is 0.0291. The van der Waals surface area contributed by atoms with Gasteiger partial charge in [-0.3, -0.25) is 24.0 Å². The lowest BCUT2D eigenvalue weighted by molar-refractivity contribution is -0.142. The fourth-order valence-electron chi connectivity index (χ4n) is 6.71. The number of nitrogens with two attached hydrogens (primary N) is 1. The number of rotatable bonds is 36. The molecule has 0 aromatic heterocycles. The molecule has 4 amide bonds. The average Bonchev–Trinajstić information content (AvgIpc) is 3.19. The van der Waals surface area contributed by atoms with Crippen molar-refractivity contribution in [1.82, 2.24) is 21.3 Å². The Bertz CT molecular complexity index is 1300. The van der Waals surface area contributed by atoms with E-state index < -0.39 is 60.2 Å². The van der Waals surface area contributed by atoms with Crippen molar-refractivity contribution < 1.29 is 48.9 Å². The van der Waals surface area contributed by atoms with Crippen LogP contribution in [0.3, 0.4) is 0 Å². The molecule has 60 heavy (non-hydrogen) atoms. The largest absolute Gasteiger partial charge is 0.512 e. The number of amides is 4. The Kier molecular flexibility index (Phi) is 33.3. The third-order valence-corrected chi connectivity index (χ3v) is 10.7. The summed E-state index contributed by atoms with van der Waals surface area (Å²) in [7, 11) is 0. The number of nitrogens with one attached hydrogen (secondary N) is 4. The van der Waals surface area contributed by atoms with Gasteiger partial charge in [0.1, 0.15) is 23.9 Å². The smallest absolute Gasteiger partial charge is 0.326 e. The van der Waals surface area contributed by atoms with E-state index in [1.54, 1.807) is 13.8 Å². The molecule has 1 aliphatic rings. The average molecular weight is 852 g/mol. The molecule has 9 N–H and O–H groups in total. The maximum absolute atomic E-state index is 12.9. The van der Waals surface area contributed by atoms with Gasteiger partial charge in [0, 0.05) is 31.6 Å². The highest BCUT2D eigenvalue weighted by Crippen LogP contribution is 2.29. The molecule has 0 aromatic rings. The van der Waals surface area contributed by atoms with E-state index in [4.69, 9.17) is 5.73 Å². The van der Waals surface area contributed by atoms with Gasteiger partial charge in [0.2, 0.25) is 23.6 Å². The summed E-state index contributed by atoms with van der Waals surface area (Å²) < 4.78 is 0. The highest BCUT2D eigenvalue weighted by Gasteiger charge is 2.26. The number of carboxylic acid groups (broad SMARTS) is 2. The first-order chi connectivity index (χ1) is 28.7. The Morgan fingerprint density at radius 3 is 1.42 bits per heavy atom. The van der Waals surface area contributed by atoms with E-state index in [0.29, 0.717) is 31.6 Å². The van der Waals surface area contributed by atoms with Crippen molar-refractivity contribution in [3.8, 4) is 0 Å². The molecule has 0 bridgehead atoms. The van der Waals surface area contributed by atoms with Crippen LogP contribution < -0.4 is 27.0 Å². The highest BCUT2D eigenvalue weighted by atomic mass is 16.4. The Labute approximate surface area is 359 Å². The van der Waals surface area contributed by atoms with Crippen LogP contribution in [0.15, 0.2) is 11.3 Å². The minimum atomic E-state index is -1.32. The van der Waals surface area contributed by atoms with Gasteiger partial charge in [0.05, 0.1) is 12.3 Å². The summed E-state index contributed by atoms with van der Waals surface area (Å²) in [6.07, 6.45) is 20.9. The molecule has 0 spiro atoms. The summed E-state index contributed by atoms with van der Waals surface area (Å²) in [5.74, 6) is -4.82. The van der Waals surface area contributed by atoms with Crippen LogP contribution in [0.2, 0.25) is 0 Å². The second kappa shape index (κ2) is 35.7. The number of hydrogen-bond acceptors (Lipinski definition) is 9. The molecule has 1 aliphatic carbocycles. The first-order valence-electron chi connectivity index (χ1n) is 23.0. The van der Waals surface area contributed by atoms with Gasteiger partial charge in [-0.25, -0.2) is 9.59 Å². The fraction of sp³-hybridized carbons (Fsp3) is 0.800. The zero-order chi connectivity index (χ0) is 45.1. The van der Waals surface area contributed by atoms with E-state index in [-0.39, 0.29) is 50.2 Å². The van der Waals surface area contributed by atoms with Crippen LogP contribution in [0.1, 0.15) is 195 Å². The van der Waals surface area contributed by atoms with Crippen molar-refractivity contribution in [2.24, 2.45) is 11.7 Å². The minimum Gasteiger partial charge on any atom is -0.512 e. The predicted molar refractivity (Wildman–Crippen MR) is 234 cm³/mol. The van der Waals surface area contributed by atoms with E-state index in [9.17, 15) is 48.9 Å². The van der Waals surface area contributed by atoms with Gasteiger partial charge in [-0.2, -0.15) is 0 Å². The number of carbonyl (C=O) groups excluding carboxylic acids is 5. The molecule has 0 aliphatic heterocycles. The lowest BCUT2D eigenvalue weighted by atomic mass is 9.90. The molecule has 1 saturated carbocycles. The standard InChI is InChI=1S/C43H75N5O10.C2H6/c1-31(2)36(49)27-25-34(42(55)56)48-40(53)30-45-41(54)33(22-17-18-29-44)46-39(52)28-26-35(43(57)58)47-38(51)24-16-14-12-10-8-6-4-3-5-7-9-11-13-15-23-37(50)32-20-19-21-32;1-2/h31,33-35,50H,3-30,44H2,1-2H3,(H,45,54)(H,46,52)(H,47,51)(H,48,53)(H,55,56)(H,57,58);1-2H3. The van der Waals surface area contributed by atoms with Crippen molar-refractivity contribution >= 4 is 41.4 Å². The van der Waals surface area contributed by atoms with Crippen LogP contribution in [0.5, 0.6) is 0 Å². The molecule has 15 heteroatoms. The monoisotopic (exact) mass is 852 g/mol. The quantitative estimate of drug-likeness (QED) is 0.0238. The van der Waals surface area contributed by atoms with Gasteiger partial charge in [0.15, 0.2) is 0 Å². The number of aliphatic carboxylic acids is 2. The first-order valence-corrected chi connectivity index (χ1v) is 23.0. The number of carbonyl (C=O) groups is 7. The number of unbranched alkanes of at least 4 members (excludes halogenated alkanes) is 14. The van der Waals surface area contributed by atoms with Gasteiger partial charge in [-0.05, 0) is 76.3 Å². The number of hydrogen-bond donors (Lipinski definition) is 8. The predicted octanol–water partition coefficient (Wildman–Crippen LogP) is 6.90. The number of aliphatic hydroxyl groups excluding tert-OH is 1. The van der Waals surface area contributed by atoms with Crippen molar-refractivity contribution in [2.45, 2.75) is 213 Å². The number of allylic oxidation sites excluding steroid dienone is 2. The molecule has 1 fully saturated rings. The third-order valence-electron chi connectivity index (χ3n) is 10.7. The Balaban J connectivity index is 0.0000171. The van der Waals surface area contributed by atoms with Gasteiger partial charge < -0.3 is 42.3 Å². The lowest BCUT2D eigenvalue weighted by Gasteiger charge is -2.20. The van der Waals surface area contributed by atoms with Gasteiger partial charge in [-0.1, -0.05) is 105 Å².